The van der Waals surface area contributed by atoms with Gasteiger partial charge >= 0.3 is 5.97 Å². The van der Waals surface area contributed by atoms with Crippen molar-refractivity contribution in [2.24, 2.45) is 0 Å². The van der Waals surface area contributed by atoms with E-state index in [1.54, 1.807) is 24.3 Å². The zero-order valence-corrected chi connectivity index (χ0v) is 19.1. The van der Waals surface area contributed by atoms with Crippen LogP contribution >= 0.6 is 0 Å². The number of aliphatic hydroxyl groups is 1. The molecule has 2 atom stereocenters. The molecule has 11 heteroatoms. The van der Waals surface area contributed by atoms with Crippen LogP contribution in [-0.2, 0) is 9.59 Å². The molecule has 184 valence electrons. The Balaban J connectivity index is 1.75. The number of anilines is 1. The molecule has 0 saturated carbocycles. The van der Waals surface area contributed by atoms with Crippen LogP contribution in [0.15, 0.2) is 73.6 Å². The summed E-state index contributed by atoms with van der Waals surface area (Å²) in [5, 5.41) is 27.6. The van der Waals surface area contributed by atoms with Gasteiger partial charge in [0.1, 0.15) is 29.3 Å². The van der Waals surface area contributed by atoms with E-state index in [0.717, 1.165) is 6.08 Å². The third-order valence-corrected chi connectivity index (χ3v) is 5.44. The van der Waals surface area contributed by atoms with Crippen LogP contribution in [0.4, 0.5) is 5.82 Å². The number of para-hydroxylation sites is 1. The lowest BCUT2D eigenvalue weighted by molar-refractivity contribution is -0.139. The van der Waals surface area contributed by atoms with E-state index < -0.39 is 30.4 Å². The third kappa shape index (κ3) is 5.31. The molecule has 2 aromatic carbocycles. The van der Waals surface area contributed by atoms with Gasteiger partial charge in [0, 0.05) is 12.1 Å². The molecule has 2 aromatic heterocycles. The van der Waals surface area contributed by atoms with Gasteiger partial charge in [-0.15, -0.1) is 0 Å². The quantitative estimate of drug-likeness (QED) is 0.245. The van der Waals surface area contributed by atoms with E-state index in [2.05, 4.69) is 27.0 Å². The van der Waals surface area contributed by atoms with Crippen molar-refractivity contribution in [3.05, 3.63) is 73.6 Å². The highest BCUT2D eigenvalue weighted by Crippen LogP contribution is 2.34. The highest BCUT2D eigenvalue weighted by Gasteiger charge is 2.29. The van der Waals surface area contributed by atoms with Gasteiger partial charge in [-0.05, 0) is 42.5 Å². The number of nitrogens with one attached hydrogen (secondary N) is 1. The van der Waals surface area contributed by atoms with Gasteiger partial charge in [-0.25, -0.2) is 14.6 Å². The zero-order chi connectivity index (χ0) is 25.7. The van der Waals surface area contributed by atoms with Gasteiger partial charge < -0.3 is 26.0 Å². The minimum Gasteiger partial charge on any atom is -0.481 e. The van der Waals surface area contributed by atoms with Crippen molar-refractivity contribution < 1.29 is 24.5 Å². The Morgan fingerprint density at radius 3 is 2.47 bits per heavy atom. The van der Waals surface area contributed by atoms with Gasteiger partial charge in [0.15, 0.2) is 5.65 Å². The smallest absolute Gasteiger partial charge is 0.306 e. The topological polar surface area (TPSA) is 165 Å². The fourth-order valence-corrected chi connectivity index (χ4v) is 3.71. The highest BCUT2D eigenvalue weighted by molar-refractivity contribution is 5.98. The number of carboxylic acid groups (broad SMARTS) is 1. The minimum atomic E-state index is -1.39. The van der Waals surface area contributed by atoms with E-state index in [0.29, 0.717) is 28.1 Å². The van der Waals surface area contributed by atoms with Crippen LogP contribution in [0.25, 0.3) is 22.3 Å². The molecule has 0 aliphatic rings. The number of aliphatic hydroxyl groups excluding tert-OH is 1. The number of nitrogens with two attached hydrogens (primary N) is 1. The van der Waals surface area contributed by atoms with Crippen molar-refractivity contribution >= 4 is 28.7 Å². The van der Waals surface area contributed by atoms with Crippen LogP contribution in [0.2, 0.25) is 0 Å². The first-order chi connectivity index (χ1) is 17.4. The number of hydrogen-bond donors (Lipinski definition) is 4. The number of aromatic nitrogens is 4. The number of amides is 1. The van der Waals surface area contributed by atoms with Crippen molar-refractivity contribution in [1.82, 2.24) is 25.1 Å². The molecule has 11 nitrogen and oxygen atoms in total. The largest absolute Gasteiger partial charge is 0.481 e. The Morgan fingerprint density at radius 2 is 1.81 bits per heavy atom. The predicted octanol–water partition coefficient (Wildman–Crippen LogP) is 2.55. The molecule has 36 heavy (non-hydrogen) atoms. The molecule has 1 amide bonds. The first-order valence-corrected chi connectivity index (χ1v) is 11.0. The van der Waals surface area contributed by atoms with E-state index in [1.807, 2.05) is 30.3 Å². The molecule has 4 rings (SSSR count). The van der Waals surface area contributed by atoms with Crippen LogP contribution < -0.4 is 15.8 Å². The second kappa shape index (κ2) is 10.7. The molecular weight excluding hydrogens is 464 g/mol. The van der Waals surface area contributed by atoms with Crippen LogP contribution in [0.1, 0.15) is 12.5 Å². The Labute approximate surface area is 205 Å². The Morgan fingerprint density at radius 1 is 1.11 bits per heavy atom. The monoisotopic (exact) mass is 488 g/mol. The van der Waals surface area contributed by atoms with Crippen molar-refractivity contribution in [2.45, 2.75) is 18.6 Å². The maximum absolute atomic E-state index is 11.8. The summed E-state index contributed by atoms with van der Waals surface area (Å²) in [7, 11) is 0. The second-order valence-electron chi connectivity index (χ2n) is 7.87. The van der Waals surface area contributed by atoms with E-state index in [1.165, 1.54) is 11.0 Å². The van der Waals surface area contributed by atoms with Gasteiger partial charge in [0.05, 0.1) is 24.0 Å². The fraction of sp³-hybridized carbons (Fsp3) is 0.160. The zero-order valence-electron chi connectivity index (χ0n) is 19.1. The minimum absolute atomic E-state index is 0.122. The van der Waals surface area contributed by atoms with E-state index in [4.69, 9.17) is 10.5 Å². The summed E-state index contributed by atoms with van der Waals surface area (Å²) in [4.78, 5) is 31.4. The number of aliphatic carboxylic acids is 1. The average Bonchev–Trinajstić information content (AvgIpc) is 3.25. The molecule has 2 heterocycles. The first-order valence-electron chi connectivity index (χ1n) is 11.0. The lowest BCUT2D eigenvalue weighted by Gasteiger charge is -2.23. The number of carbonyl (C=O) groups excluding carboxylic acids is 1. The number of carbonyl (C=O) groups is 2. The van der Waals surface area contributed by atoms with Gasteiger partial charge in [-0.2, -0.15) is 5.10 Å². The molecule has 0 fully saturated rings. The van der Waals surface area contributed by atoms with Crippen molar-refractivity contribution in [3.8, 4) is 22.8 Å². The van der Waals surface area contributed by atoms with Gasteiger partial charge in [-0.3, -0.25) is 9.59 Å². The summed E-state index contributed by atoms with van der Waals surface area (Å²) in [5.74, 6) is -0.230. The molecule has 5 N–H and O–H groups in total. The molecule has 0 spiro atoms. The first kappa shape index (κ1) is 24.4. The fourth-order valence-electron chi connectivity index (χ4n) is 3.71. The van der Waals surface area contributed by atoms with Gasteiger partial charge in [0.25, 0.3) is 0 Å². The average molecular weight is 489 g/mol. The molecule has 0 bridgehead atoms. The normalized spacial score (nSPS) is 12.6. The molecule has 0 aliphatic carbocycles. The number of carboxylic acids is 1. The number of fused-ring (bicyclic) bond motifs is 1. The van der Waals surface area contributed by atoms with Crippen LogP contribution in [0.5, 0.6) is 11.5 Å². The van der Waals surface area contributed by atoms with Crippen molar-refractivity contribution in [3.63, 3.8) is 0 Å². The third-order valence-electron chi connectivity index (χ3n) is 5.44. The predicted molar refractivity (Wildman–Crippen MR) is 132 cm³/mol. The molecule has 0 saturated heterocycles. The summed E-state index contributed by atoms with van der Waals surface area (Å²) < 4.78 is 7.21. The lowest BCUT2D eigenvalue weighted by Crippen LogP contribution is -2.37. The van der Waals surface area contributed by atoms with Crippen LogP contribution in [0, 0.1) is 0 Å². The van der Waals surface area contributed by atoms with Crippen molar-refractivity contribution in [1.29, 1.82) is 0 Å². The molecular formula is C25H24N6O5. The van der Waals surface area contributed by atoms with Gasteiger partial charge in [-0.1, -0.05) is 24.8 Å². The number of ether oxygens (including phenoxy) is 1. The van der Waals surface area contributed by atoms with E-state index >= 15 is 0 Å². The second-order valence-corrected chi connectivity index (χ2v) is 7.87. The maximum Gasteiger partial charge on any atom is 0.306 e. The summed E-state index contributed by atoms with van der Waals surface area (Å²) >= 11 is 0. The number of nitrogens with zero attached hydrogens (tertiary/aromatic N) is 4. The Bertz CT molecular complexity index is 1390. The summed E-state index contributed by atoms with van der Waals surface area (Å²) in [5.41, 5.74) is 7.55. The summed E-state index contributed by atoms with van der Waals surface area (Å²) in [6.45, 7) is 3.28. The van der Waals surface area contributed by atoms with E-state index in [-0.39, 0.29) is 18.0 Å². The Kier molecular flexibility index (Phi) is 7.21. The van der Waals surface area contributed by atoms with Gasteiger partial charge in [0.2, 0.25) is 5.91 Å². The number of benzene rings is 2. The maximum atomic E-state index is 11.8. The molecule has 0 aliphatic heterocycles. The Hall–Kier alpha value is -4.77. The number of hydrogen-bond acceptors (Lipinski definition) is 8. The van der Waals surface area contributed by atoms with Crippen molar-refractivity contribution in [2.75, 3.05) is 12.3 Å². The molecule has 1 unspecified atom stereocenters. The number of rotatable bonds is 10. The summed E-state index contributed by atoms with van der Waals surface area (Å²) in [6, 6.07) is 15.5. The lowest BCUT2D eigenvalue weighted by atomic mass is 10.1. The van der Waals surface area contributed by atoms with Crippen LogP contribution in [-0.4, -0.2) is 54.5 Å². The highest BCUT2D eigenvalue weighted by atomic mass is 16.5. The standard InChI is InChI=1S/C25H24N6O5/c1-2-20(33)27-13-18(19(32)12-21(34)35)31-25-22(24(26)28-14-29-25)23(30-31)15-8-10-17(11-9-15)36-16-6-4-3-5-7-16/h2-11,14,18-19,32H,1,12-13H2,(H,27,33)(H,34,35)(H2,26,28,29)/t18-,19?/m0/s1. The van der Waals surface area contributed by atoms with E-state index in [9.17, 15) is 19.8 Å². The molecule has 4 aromatic rings. The molecule has 0 radical (unpaired) electrons. The van der Waals surface area contributed by atoms with Crippen LogP contribution in [0.3, 0.4) is 0 Å². The number of nitrogen functional groups attached to an aromatic ring is 1. The SMILES string of the molecule is C=CC(=O)NC[C@@H](C(O)CC(=O)O)n1nc(-c2ccc(Oc3ccccc3)cc2)c2c(N)ncnc21. The summed E-state index contributed by atoms with van der Waals surface area (Å²) in [6.07, 6.45) is 0.366.